The predicted molar refractivity (Wildman–Crippen MR) is 57.1 cm³/mol. The van der Waals surface area contributed by atoms with Crippen LogP contribution in [0.25, 0.3) is 0 Å². The molecule has 0 bridgehead atoms. The van der Waals surface area contributed by atoms with Gasteiger partial charge in [0.25, 0.3) is 0 Å². The van der Waals surface area contributed by atoms with Crippen molar-refractivity contribution >= 4 is 5.97 Å². The largest absolute Gasteiger partial charge is 0.464 e. The number of nitrogens with one attached hydrogen (secondary N) is 1. The van der Waals surface area contributed by atoms with E-state index in [2.05, 4.69) is 27.2 Å². The highest BCUT2D eigenvalue weighted by atomic mass is 16.5. The van der Waals surface area contributed by atoms with Crippen molar-refractivity contribution in [2.24, 2.45) is 0 Å². The maximum atomic E-state index is 11.2. The van der Waals surface area contributed by atoms with Gasteiger partial charge in [0.05, 0.1) is 19.3 Å². The Bertz CT molecular complexity index is 369. The first-order valence-corrected chi connectivity index (χ1v) is 5.44. The monoisotopic (exact) mass is 224 g/mol. The molecule has 0 saturated carbocycles. The summed E-state index contributed by atoms with van der Waals surface area (Å²) < 4.78 is 4.58. The Morgan fingerprint density at radius 2 is 2.44 bits per heavy atom. The summed E-state index contributed by atoms with van der Waals surface area (Å²) in [5, 5.41) is 11.6. The highest BCUT2D eigenvalue weighted by Gasteiger charge is 2.21. The van der Waals surface area contributed by atoms with Crippen molar-refractivity contribution in [2.75, 3.05) is 13.7 Å². The fraction of sp³-hybridized carbons (Fsp3) is 0.700. The maximum absolute atomic E-state index is 11.2. The van der Waals surface area contributed by atoms with E-state index in [0.717, 1.165) is 19.4 Å². The molecule has 2 atom stereocenters. The van der Waals surface area contributed by atoms with Crippen LogP contribution in [0.1, 0.15) is 36.3 Å². The van der Waals surface area contributed by atoms with Crippen molar-refractivity contribution in [2.45, 2.75) is 31.8 Å². The zero-order valence-corrected chi connectivity index (χ0v) is 9.51. The lowest BCUT2D eigenvalue weighted by atomic mass is 10.0. The summed E-state index contributed by atoms with van der Waals surface area (Å²) in [6, 6.07) is 0.779. The number of rotatable bonds is 2. The van der Waals surface area contributed by atoms with Crippen LogP contribution in [0.5, 0.6) is 0 Å². The molecule has 0 spiro atoms. The smallest absolute Gasteiger partial charge is 0.360 e. The highest BCUT2D eigenvalue weighted by Crippen LogP contribution is 2.17. The molecule has 0 aromatic carbocycles. The zero-order chi connectivity index (χ0) is 11.5. The van der Waals surface area contributed by atoms with Crippen LogP contribution in [0, 0.1) is 0 Å². The van der Waals surface area contributed by atoms with E-state index in [9.17, 15) is 4.79 Å². The average Bonchev–Trinajstić information content (AvgIpc) is 2.78. The van der Waals surface area contributed by atoms with E-state index in [-0.39, 0.29) is 11.7 Å². The Labute approximate surface area is 94.0 Å². The van der Waals surface area contributed by atoms with E-state index >= 15 is 0 Å². The number of ether oxygens (including phenoxy) is 1. The van der Waals surface area contributed by atoms with Crippen molar-refractivity contribution in [3.63, 3.8) is 0 Å². The van der Waals surface area contributed by atoms with E-state index in [0.29, 0.717) is 6.04 Å². The van der Waals surface area contributed by atoms with Crippen molar-refractivity contribution < 1.29 is 9.53 Å². The van der Waals surface area contributed by atoms with Crippen LogP contribution >= 0.6 is 0 Å². The van der Waals surface area contributed by atoms with E-state index in [1.165, 1.54) is 13.3 Å². The second kappa shape index (κ2) is 4.61. The van der Waals surface area contributed by atoms with Gasteiger partial charge in [0.2, 0.25) is 0 Å². The number of piperidine rings is 1. The van der Waals surface area contributed by atoms with Crippen LogP contribution in [0.15, 0.2) is 6.20 Å². The molecular weight excluding hydrogens is 208 g/mol. The normalized spacial score (nSPS) is 25.4. The molecule has 1 aromatic heterocycles. The second-order valence-corrected chi connectivity index (χ2v) is 4.08. The molecule has 6 heteroatoms. The lowest BCUT2D eigenvalue weighted by molar-refractivity contribution is 0.0592. The number of hydrogen-bond donors (Lipinski definition) is 1. The summed E-state index contributed by atoms with van der Waals surface area (Å²) in [4.78, 5) is 12.8. The van der Waals surface area contributed by atoms with Gasteiger partial charge in [-0.3, -0.25) is 0 Å². The fourth-order valence-corrected chi connectivity index (χ4v) is 1.83. The number of hydrogen-bond acceptors (Lipinski definition) is 5. The van der Waals surface area contributed by atoms with Crippen LogP contribution in [-0.4, -0.2) is 40.7 Å². The Kier molecular flexibility index (Phi) is 3.19. The van der Waals surface area contributed by atoms with Crippen LogP contribution < -0.4 is 5.32 Å². The minimum Gasteiger partial charge on any atom is -0.464 e. The first kappa shape index (κ1) is 11.1. The number of carbonyl (C=O) groups is 1. The number of esters is 1. The minimum atomic E-state index is -0.441. The van der Waals surface area contributed by atoms with E-state index in [1.54, 1.807) is 4.80 Å². The molecule has 1 N–H and O–H groups in total. The SMILES string of the molecule is COC(=O)c1cnn([C@@H]2CC[C@@H](C)NC2)n1. The molecule has 0 amide bonds. The summed E-state index contributed by atoms with van der Waals surface area (Å²) in [7, 11) is 1.34. The molecule has 0 radical (unpaired) electrons. The van der Waals surface area contributed by atoms with Gasteiger partial charge in [0, 0.05) is 12.6 Å². The lowest BCUT2D eigenvalue weighted by Gasteiger charge is -2.26. The van der Waals surface area contributed by atoms with Gasteiger partial charge < -0.3 is 10.1 Å². The Hall–Kier alpha value is -1.43. The van der Waals surface area contributed by atoms with Gasteiger partial charge in [-0.15, -0.1) is 5.10 Å². The van der Waals surface area contributed by atoms with Crippen molar-refractivity contribution in [1.29, 1.82) is 0 Å². The maximum Gasteiger partial charge on any atom is 0.360 e. The van der Waals surface area contributed by atoms with Gasteiger partial charge in [-0.2, -0.15) is 9.90 Å². The van der Waals surface area contributed by atoms with Gasteiger partial charge in [-0.25, -0.2) is 4.79 Å². The van der Waals surface area contributed by atoms with Gasteiger partial charge in [0.1, 0.15) is 0 Å². The van der Waals surface area contributed by atoms with Gasteiger partial charge in [-0.05, 0) is 19.8 Å². The Morgan fingerprint density at radius 3 is 3.06 bits per heavy atom. The van der Waals surface area contributed by atoms with E-state index in [1.807, 2.05) is 0 Å². The molecule has 1 aromatic rings. The average molecular weight is 224 g/mol. The van der Waals surface area contributed by atoms with Gasteiger partial charge >= 0.3 is 5.97 Å². The topological polar surface area (TPSA) is 69.0 Å². The first-order valence-electron chi connectivity index (χ1n) is 5.44. The summed E-state index contributed by atoms with van der Waals surface area (Å²) in [5.74, 6) is -0.441. The lowest BCUT2D eigenvalue weighted by Crippen LogP contribution is -2.38. The van der Waals surface area contributed by atoms with Crippen molar-refractivity contribution in [1.82, 2.24) is 20.3 Å². The number of carbonyl (C=O) groups excluding carboxylic acids is 1. The van der Waals surface area contributed by atoms with Gasteiger partial charge in [-0.1, -0.05) is 0 Å². The molecule has 2 rings (SSSR count). The standard InChI is InChI=1S/C10H16N4O2/c1-7-3-4-8(5-11-7)14-12-6-9(13-14)10(15)16-2/h6-8,11H,3-5H2,1-2H3/t7-,8-/m1/s1. The molecule has 0 aliphatic carbocycles. The fourth-order valence-electron chi connectivity index (χ4n) is 1.83. The number of aromatic nitrogens is 3. The third kappa shape index (κ3) is 2.21. The summed E-state index contributed by atoms with van der Waals surface area (Å²) in [5.41, 5.74) is 0.265. The van der Waals surface area contributed by atoms with Crippen molar-refractivity contribution in [3.05, 3.63) is 11.9 Å². The quantitative estimate of drug-likeness (QED) is 0.735. The van der Waals surface area contributed by atoms with Crippen LogP contribution in [-0.2, 0) is 4.74 Å². The first-order chi connectivity index (χ1) is 7.70. The molecule has 0 unspecified atom stereocenters. The van der Waals surface area contributed by atoms with Crippen LogP contribution in [0.3, 0.4) is 0 Å². The predicted octanol–water partition coefficient (Wildman–Crippen LogP) is 0.378. The highest BCUT2D eigenvalue weighted by molar-refractivity contribution is 5.86. The van der Waals surface area contributed by atoms with Crippen LogP contribution in [0.4, 0.5) is 0 Å². The molecule has 1 saturated heterocycles. The van der Waals surface area contributed by atoms with Crippen LogP contribution in [0.2, 0.25) is 0 Å². The van der Waals surface area contributed by atoms with E-state index < -0.39 is 5.97 Å². The van der Waals surface area contributed by atoms with Crippen molar-refractivity contribution in [3.8, 4) is 0 Å². The number of methoxy groups -OCH3 is 1. The molecule has 1 aliphatic rings. The Balaban J connectivity index is 2.04. The summed E-state index contributed by atoms with van der Waals surface area (Å²) >= 11 is 0. The summed E-state index contributed by atoms with van der Waals surface area (Å²) in [6.07, 6.45) is 3.58. The molecule has 6 nitrogen and oxygen atoms in total. The summed E-state index contributed by atoms with van der Waals surface area (Å²) in [6.45, 7) is 3.00. The molecule has 1 aliphatic heterocycles. The second-order valence-electron chi connectivity index (χ2n) is 4.08. The molecule has 88 valence electrons. The molecule has 1 fully saturated rings. The third-order valence-corrected chi connectivity index (χ3v) is 2.86. The molecular formula is C10H16N4O2. The Morgan fingerprint density at radius 1 is 1.62 bits per heavy atom. The van der Waals surface area contributed by atoms with Gasteiger partial charge in [0.15, 0.2) is 5.69 Å². The zero-order valence-electron chi connectivity index (χ0n) is 9.51. The number of nitrogens with zero attached hydrogens (tertiary/aromatic N) is 3. The molecule has 16 heavy (non-hydrogen) atoms. The molecule has 2 heterocycles. The van der Waals surface area contributed by atoms with E-state index in [4.69, 9.17) is 0 Å². The minimum absolute atomic E-state index is 0.231. The third-order valence-electron chi connectivity index (χ3n) is 2.86.